The van der Waals surface area contributed by atoms with Gasteiger partial charge in [-0.3, -0.25) is 0 Å². The zero-order valence-electron chi connectivity index (χ0n) is 31.3. The summed E-state index contributed by atoms with van der Waals surface area (Å²) in [4.78, 5) is 0. The molecular formula is V70. The molecule has 0 rings (SSSR count). The molecule has 0 aromatic heterocycles. The smallest absolute Gasteiger partial charge is 0 e. The van der Waals surface area contributed by atoms with E-state index in [9.17, 15) is 0 Å². The average Bonchev–Trinajstić information content (AvgIpc) is 0. The van der Waals surface area contributed by atoms with Crippen molar-refractivity contribution in [1.82, 2.24) is 0 Å². The van der Waals surface area contributed by atoms with Crippen LogP contribution in [0, 0.1) is 0 Å². The van der Waals surface area contributed by atoms with Gasteiger partial charge >= 0.3 is 0 Å². The van der Waals surface area contributed by atoms with Crippen molar-refractivity contribution in [1.29, 1.82) is 0 Å². The molecule has 0 nitrogen and oxygen atoms in total. The third-order valence-corrected chi connectivity index (χ3v) is 0. The van der Waals surface area contributed by atoms with Gasteiger partial charge in [0.25, 0.3) is 0 Å². The largest absolute Gasteiger partial charge is 0 e. The van der Waals surface area contributed by atoms with Crippen molar-refractivity contribution in [2.75, 3.05) is 0 Å². The second-order valence-corrected chi connectivity index (χ2v) is 0. The maximum absolute atomic E-state index is 0. The molecule has 0 bridgehead atoms. The summed E-state index contributed by atoms with van der Waals surface area (Å²) < 4.78 is 0. The van der Waals surface area contributed by atoms with Gasteiger partial charge in [0.1, 0.15) is 0 Å². The van der Waals surface area contributed by atoms with Gasteiger partial charge in [-0.25, -0.2) is 0 Å². The Morgan fingerprint density at radius 1 is 0.0143 bits per heavy atom. The van der Waals surface area contributed by atoms with E-state index >= 15 is 0 Å². The van der Waals surface area contributed by atoms with Gasteiger partial charge in [-0.2, -0.15) is 0 Å². The van der Waals surface area contributed by atoms with Crippen LogP contribution in [0.3, 0.4) is 0 Å². The van der Waals surface area contributed by atoms with E-state index in [0.29, 0.717) is 0 Å². The third kappa shape index (κ3) is 758. The fourth-order valence-corrected chi connectivity index (χ4v) is 0. The molecule has 0 heterocycles. The van der Waals surface area contributed by atoms with Crippen LogP contribution >= 0.6 is 0 Å². The summed E-state index contributed by atoms with van der Waals surface area (Å²) in [6, 6.07) is 0. The van der Waals surface area contributed by atoms with Crippen molar-refractivity contribution in [2.45, 2.75) is 0 Å². The maximum atomic E-state index is 0. The average molecular weight is 3570 g/mol. The predicted octanol–water partition coefficient (Wildman–Crippen LogP) is -0.175. The van der Waals surface area contributed by atoms with E-state index < -0.39 is 0 Å². The Hall–Kier alpha value is 40.9. The standard InChI is InChI=1S/70V. The second kappa shape index (κ2) is 779. The maximum Gasteiger partial charge on any atom is 0 e. The number of rotatable bonds is 0. The van der Waals surface area contributed by atoms with Crippen LogP contribution < -0.4 is 0 Å². The quantitative estimate of drug-likeness (QED) is 0.317. The minimum atomic E-state index is 0. The molecule has 0 atom stereocenters. The molecule has 70 heteroatoms. The fraction of sp³-hybridized carbons (Fsp3) is 0. The van der Waals surface area contributed by atoms with Gasteiger partial charge in [-0.1, -0.05) is 0 Å². The molecule has 0 saturated heterocycles. The van der Waals surface area contributed by atoms with Gasteiger partial charge in [-0.05, 0) is 0 Å². The zero-order valence-corrected chi connectivity index (χ0v) is 129. The first kappa shape index (κ1) is 801. The van der Waals surface area contributed by atoms with Crippen molar-refractivity contribution in [2.24, 2.45) is 0 Å². The Morgan fingerprint density at radius 2 is 0.0143 bits per heavy atom. The van der Waals surface area contributed by atoms with Gasteiger partial charge in [0.2, 0.25) is 0 Å². The monoisotopic (exact) mass is 3570 g/mol. The molecule has 70 heavy (non-hydrogen) atoms. The summed E-state index contributed by atoms with van der Waals surface area (Å²) in [5.41, 5.74) is 0. The van der Waals surface area contributed by atoms with E-state index in [2.05, 4.69) is 0 Å². The summed E-state index contributed by atoms with van der Waals surface area (Å²) in [5, 5.41) is 0. The number of hydrogen-bond acceptors (Lipinski definition) is 0. The molecule has 70 radical (unpaired) electrons. The van der Waals surface area contributed by atoms with Gasteiger partial charge < -0.3 is 0 Å². The summed E-state index contributed by atoms with van der Waals surface area (Å²) in [6.45, 7) is 0. The topological polar surface area (TPSA) is 0 Å². The summed E-state index contributed by atoms with van der Waals surface area (Å²) in [6.07, 6.45) is 0. The number of hydrogen-bond donors (Lipinski definition) is 0. The van der Waals surface area contributed by atoms with Crippen molar-refractivity contribution in [3.05, 3.63) is 0 Å². The molecule has 0 unspecified atom stereocenters. The van der Waals surface area contributed by atoms with E-state index in [1.165, 1.54) is 0 Å². The van der Waals surface area contributed by atoms with Gasteiger partial charge in [0.15, 0.2) is 0 Å². The Balaban J connectivity index is 0. The SMILES string of the molecule is [V].[V].[V].[V].[V].[V].[V].[V].[V].[V].[V].[V].[V].[V].[V].[V].[V].[V].[V].[V].[V].[V].[V].[V].[V].[V].[V].[V].[V].[V].[V].[V].[V].[V].[V].[V].[V].[V].[V].[V].[V].[V].[V].[V].[V].[V].[V].[V].[V].[V].[V].[V].[V].[V].[V].[V].[V].[V].[V].[V].[V].[V].[V].[V].[V].[V].[V].[V].[V].[V]. The van der Waals surface area contributed by atoms with Crippen LogP contribution in [0.5, 0.6) is 0 Å². The normalized spacial score (nSPS) is 0. The van der Waals surface area contributed by atoms with E-state index in [1.54, 1.807) is 0 Å². The van der Waals surface area contributed by atoms with Crippen molar-refractivity contribution >= 4 is 0 Å². The van der Waals surface area contributed by atoms with Crippen molar-refractivity contribution in [3.8, 4) is 0 Å². The molecule has 0 saturated carbocycles. The van der Waals surface area contributed by atoms with Gasteiger partial charge in [-0.15, -0.1) is 0 Å². The van der Waals surface area contributed by atoms with Gasteiger partial charge in [0, 0.05) is 1300 Å². The van der Waals surface area contributed by atoms with Crippen LogP contribution in [0.15, 0.2) is 0 Å². The first-order chi connectivity index (χ1) is 0. The Bertz CT molecular complexity index is 0. The summed E-state index contributed by atoms with van der Waals surface area (Å²) >= 11 is 0. The van der Waals surface area contributed by atoms with Crippen LogP contribution in [0.2, 0.25) is 0 Å². The van der Waals surface area contributed by atoms with Crippen LogP contribution in [0.4, 0.5) is 0 Å². The van der Waals surface area contributed by atoms with E-state index in [0.717, 1.165) is 0 Å². The Morgan fingerprint density at radius 3 is 0.0143 bits per heavy atom. The van der Waals surface area contributed by atoms with E-state index in [4.69, 9.17) is 0 Å². The first-order valence-corrected chi connectivity index (χ1v) is 0. The van der Waals surface area contributed by atoms with Crippen LogP contribution in [0.25, 0.3) is 0 Å². The molecule has 0 aromatic carbocycles. The minimum absolute atomic E-state index is 0. The molecule has 0 amide bonds. The summed E-state index contributed by atoms with van der Waals surface area (Å²) in [7, 11) is 0. The Kier molecular flexibility index (Phi) is 8910. The second-order valence-electron chi connectivity index (χ2n) is 0. The molecule has 0 aliphatic carbocycles. The third-order valence-electron chi connectivity index (χ3n) is 0. The molecule has 0 aliphatic heterocycles. The molecule has 0 fully saturated rings. The molecule has 0 aromatic rings. The molecular weight excluding hydrogens is 3570 g/mol. The summed E-state index contributed by atoms with van der Waals surface area (Å²) in [5.74, 6) is 0. The minimum Gasteiger partial charge on any atom is 0 e. The van der Waals surface area contributed by atoms with E-state index in [1.807, 2.05) is 0 Å². The molecule has 0 N–H and O–H groups in total. The molecule has 350 valence electrons. The van der Waals surface area contributed by atoms with Crippen LogP contribution in [-0.2, 0) is 1300 Å². The van der Waals surface area contributed by atoms with Crippen LogP contribution in [-0.4, -0.2) is 0 Å². The fourth-order valence-electron chi connectivity index (χ4n) is 0. The molecule has 0 spiro atoms. The molecule has 0 aliphatic rings. The predicted molar refractivity (Wildman–Crippen MR) is 0 cm³/mol. The Labute approximate surface area is 1260 Å². The van der Waals surface area contributed by atoms with Crippen molar-refractivity contribution in [3.63, 3.8) is 0 Å². The van der Waals surface area contributed by atoms with Crippen LogP contribution in [0.1, 0.15) is 0 Å². The van der Waals surface area contributed by atoms with Crippen molar-refractivity contribution < 1.29 is 1300 Å². The zero-order chi connectivity index (χ0) is 0. The first-order valence-electron chi connectivity index (χ1n) is 0. The van der Waals surface area contributed by atoms with Gasteiger partial charge in [0.05, 0.1) is 0 Å². The van der Waals surface area contributed by atoms with E-state index in [-0.39, 0.29) is 1300 Å².